The fraction of sp³-hybridized carbons (Fsp3) is 0.125. The molecule has 1 aromatic heterocycles. The number of aromatic hydroxyl groups is 1. The van der Waals surface area contributed by atoms with Crippen molar-refractivity contribution in [3.05, 3.63) is 82.0 Å². The highest BCUT2D eigenvalue weighted by molar-refractivity contribution is 7.91. The molecule has 1 N–H and O–H groups in total. The van der Waals surface area contributed by atoms with Gasteiger partial charge in [-0.25, -0.2) is 8.42 Å². The van der Waals surface area contributed by atoms with Crippen molar-refractivity contribution in [1.82, 2.24) is 0 Å². The highest BCUT2D eigenvalue weighted by atomic mass is 32.2. The molecule has 0 aliphatic rings. The van der Waals surface area contributed by atoms with Crippen LogP contribution < -0.4 is 10.2 Å². The Labute approximate surface area is 179 Å². The second kappa shape index (κ2) is 7.59. The summed E-state index contributed by atoms with van der Waals surface area (Å²) in [7, 11) is -2.46. The lowest BCUT2D eigenvalue weighted by atomic mass is 10.0. The first kappa shape index (κ1) is 20.7. The second-order valence-electron chi connectivity index (χ2n) is 7.20. The fourth-order valence-electron chi connectivity index (χ4n) is 3.68. The fourth-order valence-corrected chi connectivity index (χ4v) is 5.30. The number of fused-ring (bicyclic) bond motifs is 1. The Kier molecular flexibility index (Phi) is 5.07. The van der Waals surface area contributed by atoms with Crippen LogP contribution in [0.2, 0.25) is 0 Å². The van der Waals surface area contributed by atoms with E-state index in [-0.39, 0.29) is 26.5 Å². The molecule has 0 aliphatic heterocycles. The molecule has 0 fully saturated rings. The van der Waals surface area contributed by atoms with Crippen LogP contribution in [0.3, 0.4) is 0 Å². The zero-order valence-corrected chi connectivity index (χ0v) is 18.0. The van der Waals surface area contributed by atoms with E-state index in [0.717, 1.165) is 0 Å². The molecular formula is C24H20O6S. The van der Waals surface area contributed by atoms with Gasteiger partial charge in [0.2, 0.25) is 21.0 Å². The Bertz CT molecular complexity index is 1450. The molecule has 0 aliphatic carbocycles. The predicted octanol–water partition coefficient (Wildman–Crippen LogP) is 4.62. The van der Waals surface area contributed by atoms with Gasteiger partial charge in [-0.05, 0) is 61.4 Å². The molecule has 6 nitrogen and oxygen atoms in total. The van der Waals surface area contributed by atoms with Gasteiger partial charge in [-0.3, -0.25) is 4.79 Å². The molecule has 31 heavy (non-hydrogen) atoms. The van der Waals surface area contributed by atoms with Gasteiger partial charge in [-0.2, -0.15) is 0 Å². The SMILES string of the molecule is COc1ccc(-c2oc3c(S(=O)(=O)c4ccccc4)c(C)cc(C)c3c(=O)c2O)cc1. The van der Waals surface area contributed by atoms with Gasteiger partial charge < -0.3 is 14.3 Å². The van der Waals surface area contributed by atoms with Crippen molar-refractivity contribution in [2.24, 2.45) is 0 Å². The van der Waals surface area contributed by atoms with E-state index in [2.05, 4.69) is 0 Å². The molecule has 1 heterocycles. The average molecular weight is 436 g/mol. The van der Waals surface area contributed by atoms with Gasteiger partial charge in [0, 0.05) is 5.56 Å². The monoisotopic (exact) mass is 436 g/mol. The van der Waals surface area contributed by atoms with Gasteiger partial charge >= 0.3 is 0 Å². The minimum Gasteiger partial charge on any atom is -0.502 e. The third kappa shape index (κ3) is 3.37. The van der Waals surface area contributed by atoms with E-state index in [1.165, 1.54) is 19.2 Å². The highest BCUT2D eigenvalue weighted by Gasteiger charge is 2.28. The summed E-state index contributed by atoms with van der Waals surface area (Å²) in [6.45, 7) is 3.33. The maximum Gasteiger partial charge on any atom is 0.235 e. The Hall–Kier alpha value is -3.58. The molecule has 158 valence electrons. The average Bonchev–Trinajstić information content (AvgIpc) is 2.76. The smallest absolute Gasteiger partial charge is 0.235 e. The van der Waals surface area contributed by atoms with Gasteiger partial charge in [0.25, 0.3) is 0 Å². The molecule has 0 unspecified atom stereocenters. The Morgan fingerprint density at radius 1 is 0.935 bits per heavy atom. The van der Waals surface area contributed by atoms with Crippen LogP contribution in [0.1, 0.15) is 11.1 Å². The summed E-state index contributed by atoms with van der Waals surface area (Å²) in [6.07, 6.45) is 0. The summed E-state index contributed by atoms with van der Waals surface area (Å²) in [5.41, 5.74) is 0.622. The van der Waals surface area contributed by atoms with E-state index < -0.39 is 21.0 Å². The van der Waals surface area contributed by atoms with Crippen molar-refractivity contribution in [2.45, 2.75) is 23.6 Å². The molecule has 0 amide bonds. The zero-order chi connectivity index (χ0) is 22.3. The van der Waals surface area contributed by atoms with Crippen LogP contribution in [-0.4, -0.2) is 20.6 Å². The maximum atomic E-state index is 13.5. The molecule has 0 spiro atoms. The third-order valence-corrected chi connectivity index (χ3v) is 7.09. The van der Waals surface area contributed by atoms with Gasteiger partial charge in [0.05, 0.1) is 17.4 Å². The minimum absolute atomic E-state index is 0.0369. The van der Waals surface area contributed by atoms with Crippen LogP contribution >= 0.6 is 0 Å². The Morgan fingerprint density at radius 3 is 2.19 bits per heavy atom. The number of aryl methyl sites for hydroxylation is 2. The van der Waals surface area contributed by atoms with Gasteiger partial charge in [0.15, 0.2) is 11.3 Å². The molecule has 0 bridgehead atoms. The second-order valence-corrected chi connectivity index (χ2v) is 9.08. The summed E-state index contributed by atoms with van der Waals surface area (Å²) < 4.78 is 38.0. The largest absolute Gasteiger partial charge is 0.502 e. The van der Waals surface area contributed by atoms with E-state index >= 15 is 0 Å². The van der Waals surface area contributed by atoms with Crippen LogP contribution in [-0.2, 0) is 9.84 Å². The van der Waals surface area contributed by atoms with Crippen molar-refractivity contribution in [3.8, 4) is 22.8 Å². The normalized spacial score (nSPS) is 11.6. The number of rotatable bonds is 4. The highest BCUT2D eigenvalue weighted by Crippen LogP contribution is 2.37. The molecule has 0 radical (unpaired) electrons. The lowest BCUT2D eigenvalue weighted by molar-refractivity contribution is 0.414. The topological polar surface area (TPSA) is 93.8 Å². The number of sulfone groups is 1. The molecule has 7 heteroatoms. The Morgan fingerprint density at radius 2 is 1.58 bits per heavy atom. The number of benzene rings is 3. The Balaban J connectivity index is 2.11. The molecule has 0 atom stereocenters. The minimum atomic E-state index is -3.99. The standard InChI is InChI=1S/C24H20O6S/c1-14-13-15(2)24(31(27,28)18-7-5-4-6-8-18)23-19(14)20(25)21(26)22(30-23)16-9-11-17(29-3)12-10-16/h4-13,26H,1-3H3. The molecule has 3 aromatic carbocycles. The van der Waals surface area contributed by atoms with E-state index in [1.54, 1.807) is 62.4 Å². The summed E-state index contributed by atoms with van der Waals surface area (Å²) in [6, 6.07) is 16.1. The van der Waals surface area contributed by atoms with E-state index in [1.807, 2.05) is 0 Å². The molecule has 0 saturated heterocycles. The van der Waals surface area contributed by atoms with Gasteiger partial charge in [-0.15, -0.1) is 0 Å². The van der Waals surface area contributed by atoms with Crippen molar-refractivity contribution in [2.75, 3.05) is 7.11 Å². The van der Waals surface area contributed by atoms with Crippen LogP contribution in [0.25, 0.3) is 22.3 Å². The van der Waals surface area contributed by atoms with Crippen molar-refractivity contribution in [1.29, 1.82) is 0 Å². The summed E-state index contributed by atoms with van der Waals surface area (Å²) in [5, 5.41) is 10.6. The zero-order valence-electron chi connectivity index (χ0n) is 17.2. The van der Waals surface area contributed by atoms with Crippen LogP contribution in [0.4, 0.5) is 0 Å². The van der Waals surface area contributed by atoms with Crippen LogP contribution in [0.15, 0.2) is 79.7 Å². The molecular weight excluding hydrogens is 416 g/mol. The lowest BCUT2D eigenvalue weighted by Gasteiger charge is -2.14. The van der Waals surface area contributed by atoms with Crippen LogP contribution in [0.5, 0.6) is 11.5 Å². The first-order valence-corrected chi connectivity index (χ1v) is 11.0. The first-order chi connectivity index (χ1) is 14.8. The van der Waals surface area contributed by atoms with E-state index in [0.29, 0.717) is 22.4 Å². The lowest BCUT2D eigenvalue weighted by Crippen LogP contribution is -2.11. The number of hydrogen-bond acceptors (Lipinski definition) is 6. The number of hydrogen-bond donors (Lipinski definition) is 1. The number of methoxy groups -OCH3 is 1. The molecule has 4 aromatic rings. The first-order valence-electron chi connectivity index (χ1n) is 9.50. The van der Waals surface area contributed by atoms with Crippen molar-refractivity contribution in [3.63, 3.8) is 0 Å². The van der Waals surface area contributed by atoms with Gasteiger partial charge in [0.1, 0.15) is 10.6 Å². The van der Waals surface area contributed by atoms with E-state index in [4.69, 9.17) is 9.15 Å². The summed E-state index contributed by atoms with van der Waals surface area (Å²) in [5.74, 6) is -0.0900. The predicted molar refractivity (Wildman–Crippen MR) is 118 cm³/mol. The van der Waals surface area contributed by atoms with Crippen molar-refractivity contribution < 1.29 is 22.7 Å². The van der Waals surface area contributed by atoms with E-state index in [9.17, 15) is 18.3 Å². The molecule has 4 rings (SSSR count). The summed E-state index contributed by atoms with van der Waals surface area (Å²) >= 11 is 0. The molecule has 0 saturated carbocycles. The maximum absolute atomic E-state index is 13.5. The van der Waals surface area contributed by atoms with Crippen LogP contribution in [0, 0.1) is 13.8 Å². The number of ether oxygens (including phenoxy) is 1. The third-order valence-electron chi connectivity index (χ3n) is 5.15. The van der Waals surface area contributed by atoms with Gasteiger partial charge in [-0.1, -0.05) is 24.3 Å². The quantitative estimate of drug-likeness (QED) is 0.502. The summed E-state index contributed by atoms with van der Waals surface area (Å²) in [4.78, 5) is 13.1. The van der Waals surface area contributed by atoms with Crippen molar-refractivity contribution >= 4 is 20.8 Å².